The molecule has 0 aliphatic carbocycles. The Bertz CT molecular complexity index is 560. The Kier molecular flexibility index (Phi) is 4.06. The largest absolute Gasteiger partial charge is 0.480 e. The third kappa shape index (κ3) is 3.45. The molecule has 1 aliphatic rings. The molecule has 0 spiro atoms. The van der Waals surface area contributed by atoms with Gasteiger partial charge in [0, 0.05) is 12.2 Å². The summed E-state index contributed by atoms with van der Waals surface area (Å²) in [4.78, 5) is 24.1. The molecule has 1 aromatic rings. The Balaban J connectivity index is 2.11. The zero-order chi connectivity index (χ0) is 15.6. The van der Waals surface area contributed by atoms with Gasteiger partial charge in [-0.3, -0.25) is 0 Å². The zero-order valence-electron chi connectivity index (χ0n) is 10.9. The zero-order valence-corrected chi connectivity index (χ0v) is 10.9. The molecule has 0 radical (unpaired) electrons. The average molecular weight is 302 g/mol. The van der Waals surface area contributed by atoms with Crippen molar-refractivity contribution in [2.24, 2.45) is 0 Å². The normalized spacial score (nSPS) is 18.6. The molecule has 1 aliphatic heterocycles. The van der Waals surface area contributed by atoms with Gasteiger partial charge in [-0.25, -0.2) is 9.59 Å². The molecule has 0 aromatic heterocycles. The van der Waals surface area contributed by atoms with Crippen LogP contribution in [0.1, 0.15) is 18.4 Å². The number of benzene rings is 1. The van der Waals surface area contributed by atoms with Gasteiger partial charge in [-0.05, 0) is 31.0 Å². The molecule has 0 unspecified atom stereocenters. The van der Waals surface area contributed by atoms with E-state index in [4.69, 9.17) is 5.11 Å². The van der Waals surface area contributed by atoms with Crippen molar-refractivity contribution < 1.29 is 27.9 Å². The Morgan fingerprint density at radius 1 is 1.33 bits per heavy atom. The summed E-state index contributed by atoms with van der Waals surface area (Å²) in [5.41, 5.74) is -0.901. The van der Waals surface area contributed by atoms with E-state index in [9.17, 15) is 22.8 Å². The molecule has 1 atom stereocenters. The lowest BCUT2D eigenvalue weighted by molar-refractivity contribution is -0.141. The number of amides is 2. The number of carbonyl (C=O) groups excluding carboxylic acids is 1. The maximum atomic E-state index is 12.6. The first-order chi connectivity index (χ1) is 9.79. The van der Waals surface area contributed by atoms with Gasteiger partial charge in [-0.15, -0.1) is 0 Å². The van der Waals surface area contributed by atoms with Crippen molar-refractivity contribution in [2.75, 3.05) is 11.9 Å². The van der Waals surface area contributed by atoms with Crippen LogP contribution in [0.25, 0.3) is 0 Å². The van der Waals surface area contributed by atoms with E-state index in [0.717, 1.165) is 17.0 Å². The Labute approximate surface area is 118 Å². The van der Waals surface area contributed by atoms with Crippen LogP contribution in [0.3, 0.4) is 0 Å². The Morgan fingerprint density at radius 2 is 2.05 bits per heavy atom. The first kappa shape index (κ1) is 15.1. The number of halogens is 3. The van der Waals surface area contributed by atoms with Crippen LogP contribution in [-0.2, 0) is 11.0 Å². The summed E-state index contributed by atoms with van der Waals surface area (Å²) in [6.07, 6.45) is -3.61. The fourth-order valence-corrected chi connectivity index (χ4v) is 2.24. The molecule has 5 nitrogen and oxygen atoms in total. The van der Waals surface area contributed by atoms with Gasteiger partial charge >= 0.3 is 18.2 Å². The van der Waals surface area contributed by atoms with Gasteiger partial charge in [0.25, 0.3) is 0 Å². The Morgan fingerprint density at radius 3 is 2.67 bits per heavy atom. The van der Waals surface area contributed by atoms with Crippen LogP contribution >= 0.6 is 0 Å². The van der Waals surface area contributed by atoms with Gasteiger partial charge in [0.05, 0.1) is 5.56 Å². The molecule has 1 aromatic carbocycles. The fraction of sp³-hybridized carbons (Fsp3) is 0.385. The number of anilines is 1. The fourth-order valence-electron chi connectivity index (χ4n) is 2.24. The van der Waals surface area contributed by atoms with Crippen molar-refractivity contribution in [1.29, 1.82) is 0 Å². The molecule has 21 heavy (non-hydrogen) atoms. The van der Waals surface area contributed by atoms with Crippen molar-refractivity contribution in [1.82, 2.24) is 4.90 Å². The monoisotopic (exact) mass is 302 g/mol. The number of nitrogens with zero attached hydrogens (tertiary/aromatic N) is 1. The third-order valence-electron chi connectivity index (χ3n) is 3.24. The summed E-state index contributed by atoms with van der Waals surface area (Å²) in [5.74, 6) is -1.12. The number of nitrogens with one attached hydrogen (secondary N) is 1. The van der Waals surface area contributed by atoms with Gasteiger partial charge in [-0.2, -0.15) is 13.2 Å². The minimum absolute atomic E-state index is 0.0223. The second-order valence-corrected chi connectivity index (χ2v) is 4.70. The number of carboxylic acids is 1. The predicted molar refractivity (Wildman–Crippen MR) is 67.8 cm³/mol. The predicted octanol–water partition coefficient (Wildman–Crippen LogP) is 2.79. The van der Waals surface area contributed by atoms with Gasteiger partial charge < -0.3 is 15.3 Å². The summed E-state index contributed by atoms with van der Waals surface area (Å²) in [6, 6.07) is 2.56. The van der Waals surface area contributed by atoms with E-state index in [0.29, 0.717) is 12.8 Å². The minimum Gasteiger partial charge on any atom is -0.480 e. The van der Waals surface area contributed by atoms with E-state index in [-0.39, 0.29) is 12.2 Å². The molecule has 0 bridgehead atoms. The second kappa shape index (κ2) is 5.63. The maximum Gasteiger partial charge on any atom is 0.416 e. The number of alkyl halides is 3. The quantitative estimate of drug-likeness (QED) is 0.882. The summed E-state index contributed by atoms with van der Waals surface area (Å²) in [5, 5.41) is 11.3. The van der Waals surface area contributed by atoms with Gasteiger partial charge in [0.1, 0.15) is 6.04 Å². The van der Waals surface area contributed by atoms with Crippen molar-refractivity contribution in [2.45, 2.75) is 25.1 Å². The van der Waals surface area contributed by atoms with Crippen LogP contribution in [-0.4, -0.2) is 34.6 Å². The number of urea groups is 1. The van der Waals surface area contributed by atoms with Gasteiger partial charge in [0.2, 0.25) is 0 Å². The summed E-state index contributed by atoms with van der Waals surface area (Å²) in [7, 11) is 0. The van der Waals surface area contributed by atoms with Crippen LogP contribution in [0, 0.1) is 0 Å². The highest BCUT2D eigenvalue weighted by Gasteiger charge is 2.34. The maximum absolute atomic E-state index is 12.6. The third-order valence-corrected chi connectivity index (χ3v) is 3.24. The van der Waals surface area contributed by atoms with Crippen molar-refractivity contribution in [3.8, 4) is 0 Å². The van der Waals surface area contributed by atoms with Crippen LogP contribution in [0.4, 0.5) is 23.7 Å². The van der Waals surface area contributed by atoms with E-state index in [2.05, 4.69) is 5.32 Å². The number of rotatable bonds is 2. The van der Waals surface area contributed by atoms with Crippen molar-refractivity contribution >= 4 is 17.7 Å². The van der Waals surface area contributed by atoms with Crippen molar-refractivity contribution in [3.63, 3.8) is 0 Å². The average Bonchev–Trinajstić information content (AvgIpc) is 2.87. The van der Waals surface area contributed by atoms with Crippen LogP contribution in [0.15, 0.2) is 24.3 Å². The number of hydrogen-bond donors (Lipinski definition) is 2. The lowest BCUT2D eigenvalue weighted by Gasteiger charge is -2.22. The lowest BCUT2D eigenvalue weighted by atomic mass is 10.2. The van der Waals surface area contributed by atoms with Gasteiger partial charge in [0.15, 0.2) is 0 Å². The standard InChI is InChI=1S/C13H13F3N2O3/c14-13(15,16)8-3-1-4-9(7-8)17-12(21)18-6-2-5-10(18)11(19)20/h1,3-4,7,10H,2,5-6H2,(H,17,21)(H,19,20)/t10-/m1/s1. The number of carbonyl (C=O) groups is 2. The molecule has 0 saturated carbocycles. The first-order valence-electron chi connectivity index (χ1n) is 6.27. The van der Waals surface area contributed by atoms with Crippen LogP contribution in [0.2, 0.25) is 0 Å². The summed E-state index contributed by atoms with van der Waals surface area (Å²) < 4.78 is 37.7. The SMILES string of the molecule is O=C(O)[C@H]1CCCN1C(=O)Nc1cccc(C(F)(F)F)c1. The highest BCUT2D eigenvalue weighted by Crippen LogP contribution is 2.30. The molecule has 2 amide bonds. The Hall–Kier alpha value is -2.25. The summed E-state index contributed by atoms with van der Waals surface area (Å²) in [6.45, 7) is 0.266. The van der Waals surface area contributed by atoms with Crippen molar-refractivity contribution in [3.05, 3.63) is 29.8 Å². The highest BCUT2D eigenvalue weighted by atomic mass is 19.4. The highest BCUT2D eigenvalue weighted by molar-refractivity contribution is 5.92. The van der Waals surface area contributed by atoms with E-state index < -0.39 is 29.8 Å². The van der Waals surface area contributed by atoms with E-state index in [1.54, 1.807) is 0 Å². The van der Waals surface area contributed by atoms with Crippen LogP contribution in [0.5, 0.6) is 0 Å². The number of likely N-dealkylation sites (tertiary alicyclic amines) is 1. The molecule has 2 rings (SSSR count). The topological polar surface area (TPSA) is 69.6 Å². The first-order valence-corrected chi connectivity index (χ1v) is 6.27. The molecule has 1 heterocycles. The second-order valence-electron chi connectivity index (χ2n) is 4.70. The smallest absolute Gasteiger partial charge is 0.416 e. The van der Waals surface area contributed by atoms with E-state index >= 15 is 0 Å². The molecule has 2 N–H and O–H groups in total. The van der Waals surface area contributed by atoms with Gasteiger partial charge in [-0.1, -0.05) is 6.07 Å². The molecule has 114 valence electrons. The van der Waals surface area contributed by atoms with E-state index in [1.807, 2.05) is 0 Å². The molecular weight excluding hydrogens is 289 g/mol. The minimum atomic E-state index is -4.50. The molecule has 1 fully saturated rings. The van der Waals surface area contributed by atoms with Crippen LogP contribution < -0.4 is 5.32 Å². The lowest BCUT2D eigenvalue weighted by Crippen LogP contribution is -2.42. The molecular formula is C13H13F3N2O3. The number of aliphatic carboxylic acids is 1. The van der Waals surface area contributed by atoms with E-state index in [1.165, 1.54) is 12.1 Å². The summed E-state index contributed by atoms with van der Waals surface area (Å²) >= 11 is 0. The number of carboxylic acid groups (broad SMARTS) is 1. The number of hydrogen-bond acceptors (Lipinski definition) is 2. The molecule has 8 heteroatoms. The molecule has 1 saturated heterocycles.